The number of aromatic nitrogens is 2. The van der Waals surface area contributed by atoms with E-state index >= 15 is 0 Å². The second-order valence-electron chi connectivity index (χ2n) is 4.08. The quantitative estimate of drug-likeness (QED) is 0.763. The van der Waals surface area contributed by atoms with Gasteiger partial charge in [-0.2, -0.15) is 5.10 Å². The minimum absolute atomic E-state index is 0.147. The number of halogens is 1. The van der Waals surface area contributed by atoms with Gasteiger partial charge in [0.1, 0.15) is 0 Å². The van der Waals surface area contributed by atoms with Crippen LogP contribution in [0, 0.1) is 5.92 Å². The summed E-state index contributed by atoms with van der Waals surface area (Å²) in [6.07, 6.45) is 6.06. The fraction of sp³-hybridized carbons (Fsp3) is 0.667. The maximum atomic E-state index is 11.7. The molecule has 1 aromatic rings. The number of carbonyl (C=O) groups excluding carboxylic acids is 1. The summed E-state index contributed by atoms with van der Waals surface area (Å²) in [6, 6.07) is 0. The Morgan fingerprint density at radius 1 is 1.53 bits per heavy atom. The monoisotopic (exact) mass is 257 g/mol. The van der Waals surface area contributed by atoms with Crippen molar-refractivity contribution in [2.24, 2.45) is 5.92 Å². The molecule has 1 aromatic heterocycles. The smallest absolute Gasteiger partial charge is 0.223 e. The van der Waals surface area contributed by atoms with Crippen molar-refractivity contribution >= 4 is 17.5 Å². The van der Waals surface area contributed by atoms with Gasteiger partial charge in [0.15, 0.2) is 0 Å². The van der Waals surface area contributed by atoms with Crippen LogP contribution < -0.4 is 5.32 Å². The number of rotatable bonds is 7. The molecule has 1 rings (SSSR count). The molecule has 0 aliphatic heterocycles. The lowest BCUT2D eigenvalue weighted by Gasteiger charge is -2.12. The minimum atomic E-state index is 0.147. The topological polar surface area (TPSA) is 46.9 Å². The molecular formula is C12H20ClN3O. The maximum Gasteiger partial charge on any atom is 0.223 e. The Kier molecular flexibility index (Phi) is 6.05. The standard InChI is InChI=1S/C12H20ClN3O/c1-3-10(4-2)12(17)14-6-5-7-16-9-11(13)8-15-16/h8-10H,3-7H2,1-2H3,(H,14,17). The largest absolute Gasteiger partial charge is 0.356 e. The molecule has 1 amide bonds. The number of hydrogen-bond donors (Lipinski definition) is 1. The third-order valence-electron chi connectivity index (χ3n) is 2.82. The van der Waals surface area contributed by atoms with Gasteiger partial charge in [0.05, 0.1) is 11.2 Å². The van der Waals surface area contributed by atoms with E-state index in [2.05, 4.69) is 10.4 Å². The van der Waals surface area contributed by atoms with Crippen molar-refractivity contribution in [3.63, 3.8) is 0 Å². The first-order valence-electron chi connectivity index (χ1n) is 6.13. The summed E-state index contributed by atoms with van der Waals surface area (Å²) < 4.78 is 1.78. The molecule has 0 aliphatic carbocycles. The molecule has 0 fully saturated rings. The molecule has 0 bridgehead atoms. The highest BCUT2D eigenvalue weighted by molar-refractivity contribution is 6.30. The normalized spacial score (nSPS) is 10.8. The summed E-state index contributed by atoms with van der Waals surface area (Å²) in [6.45, 7) is 5.54. The molecule has 0 aliphatic rings. The fourth-order valence-electron chi connectivity index (χ4n) is 1.72. The van der Waals surface area contributed by atoms with Crippen LogP contribution >= 0.6 is 11.6 Å². The van der Waals surface area contributed by atoms with E-state index in [4.69, 9.17) is 11.6 Å². The Labute approximate surface area is 107 Å². The van der Waals surface area contributed by atoms with Gasteiger partial charge in [-0.3, -0.25) is 9.48 Å². The van der Waals surface area contributed by atoms with Crippen molar-refractivity contribution < 1.29 is 4.79 Å². The van der Waals surface area contributed by atoms with Gasteiger partial charge in [0, 0.05) is 25.2 Å². The van der Waals surface area contributed by atoms with E-state index in [0.29, 0.717) is 11.6 Å². The first-order valence-corrected chi connectivity index (χ1v) is 6.50. The van der Waals surface area contributed by atoms with E-state index in [1.807, 2.05) is 13.8 Å². The molecule has 4 nitrogen and oxygen atoms in total. The van der Waals surface area contributed by atoms with Crippen LogP contribution in [0.25, 0.3) is 0 Å². The lowest BCUT2D eigenvalue weighted by atomic mass is 10.0. The Hall–Kier alpha value is -1.03. The molecule has 17 heavy (non-hydrogen) atoms. The number of carbonyl (C=O) groups is 1. The zero-order valence-electron chi connectivity index (χ0n) is 10.4. The third kappa shape index (κ3) is 4.77. The van der Waals surface area contributed by atoms with E-state index in [1.54, 1.807) is 17.1 Å². The summed E-state index contributed by atoms with van der Waals surface area (Å²) in [5.41, 5.74) is 0. The molecule has 0 atom stereocenters. The van der Waals surface area contributed by atoms with Crippen LogP contribution in [0.5, 0.6) is 0 Å². The van der Waals surface area contributed by atoms with Crippen LogP contribution in [-0.2, 0) is 11.3 Å². The number of amides is 1. The third-order valence-corrected chi connectivity index (χ3v) is 3.02. The van der Waals surface area contributed by atoms with E-state index in [0.717, 1.165) is 25.8 Å². The van der Waals surface area contributed by atoms with Gasteiger partial charge in [-0.15, -0.1) is 0 Å². The van der Waals surface area contributed by atoms with Gasteiger partial charge in [0.2, 0.25) is 5.91 Å². The average Bonchev–Trinajstić information content (AvgIpc) is 2.72. The molecule has 0 saturated carbocycles. The zero-order valence-corrected chi connectivity index (χ0v) is 11.2. The molecule has 1 heterocycles. The van der Waals surface area contributed by atoms with Gasteiger partial charge in [-0.05, 0) is 19.3 Å². The van der Waals surface area contributed by atoms with Gasteiger partial charge < -0.3 is 5.32 Å². The van der Waals surface area contributed by atoms with E-state index in [1.165, 1.54) is 0 Å². The highest BCUT2D eigenvalue weighted by Crippen LogP contribution is 2.07. The van der Waals surface area contributed by atoms with Crippen LogP contribution in [-0.4, -0.2) is 22.2 Å². The van der Waals surface area contributed by atoms with Crippen molar-refractivity contribution in [3.05, 3.63) is 17.4 Å². The Morgan fingerprint density at radius 2 is 2.24 bits per heavy atom. The number of nitrogens with zero attached hydrogens (tertiary/aromatic N) is 2. The SMILES string of the molecule is CCC(CC)C(=O)NCCCn1cc(Cl)cn1. The molecule has 1 N–H and O–H groups in total. The van der Waals surface area contributed by atoms with Crippen LogP contribution in [0.1, 0.15) is 33.1 Å². The summed E-state index contributed by atoms with van der Waals surface area (Å²) in [5, 5.41) is 7.67. The second-order valence-corrected chi connectivity index (χ2v) is 4.52. The van der Waals surface area contributed by atoms with Crippen LogP contribution in [0.15, 0.2) is 12.4 Å². The van der Waals surface area contributed by atoms with Crippen molar-refractivity contribution in [1.29, 1.82) is 0 Å². The summed E-state index contributed by atoms with van der Waals surface area (Å²) >= 11 is 5.75. The van der Waals surface area contributed by atoms with Crippen molar-refractivity contribution in [1.82, 2.24) is 15.1 Å². The highest BCUT2D eigenvalue weighted by atomic mass is 35.5. The first kappa shape index (κ1) is 14.0. The molecule has 0 spiro atoms. The minimum Gasteiger partial charge on any atom is -0.356 e. The molecular weight excluding hydrogens is 238 g/mol. The van der Waals surface area contributed by atoms with Crippen molar-refractivity contribution in [2.45, 2.75) is 39.7 Å². The maximum absolute atomic E-state index is 11.7. The van der Waals surface area contributed by atoms with Crippen molar-refractivity contribution in [2.75, 3.05) is 6.54 Å². The highest BCUT2D eigenvalue weighted by Gasteiger charge is 2.12. The Balaban J connectivity index is 2.17. The van der Waals surface area contributed by atoms with E-state index < -0.39 is 0 Å². The zero-order chi connectivity index (χ0) is 12.7. The predicted octanol–water partition coefficient (Wildman–Crippen LogP) is 2.48. The molecule has 96 valence electrons. The number of nitrogens with one attached hydrogen (secondary N) is 1. The van der Waals surface area contributed by atoms with Crippen LogP contribution in [0.4, 0.5) is 0 Å². The molecule has 0 radical (unpaired) electrons. The second kappa shape index (κ2) is 7.33. The molecule has 0 unspecified atom stereocenters. The number of hydrogen-bond acceptors (Lipinski definition) is 2. The van der Waals surface area contributed by atoms with Gasteiger partial charge in [0.25, 0.3) is 0 Å². The molecule has 0 saturated heterocycles. The van der Waals surface area contributed by atoms with Crippen LogP contribution in [0.2, 0.25) is 5.02 Å². The van der Waals surface area contributed by atoms with Crippen molar-refractivity contribution in [3.8, 4) is 0 Å². The summed E-state index contributed by atoms with van der Waals surface area (Å²) in [4.78, 5) is 11.7. The predicted molar refractivity (Wildman–Crippen MR) is 68.9 cm³/mol. The van der Waals surface area contributed by atoms with E-state index in [-0.39, 0.29) is 11.8 Å². The Morgan fingerprint density at radius 3 is 2.76 bits per heavy atom. The summed E-state index contributed by atoms with van der Waals surface area (Å²) in [7, 11) is 0. The lowest BCUT2D eigenvalue weighted by Crippen LogP contribution is -2.31. The summed E-state index contributed by atoms with van der Waals surface area (Å²) in [5.74, 6) is 0.308. The lowest BCUT2D eigenvalue weighted by molar-refractivity contribution is -0.125. The van der Waals surface area contributed by atoms with Crippen LogP contribution in [0.3, 0.4) is 0 Å². The van der Waals surface area contributed by atoms with Gasteiger partial charge in [-0.1, -0.05) is 25.4 Å². The molecule has 0 aromatic carbocycles. The Bertz CT molecular complexity index is 347. The fourth-order valence-corrected chi connectivity index (χ4v) is 1.87. The first-order chi connectivity index (χ1) is 8.17. The molecule has 5 heteroatoms. The van der Waals surface area contributed by atoms with Gasteiger partial charge in [-0.25, -0.2) is 0 Å². The number of aryl methyl sites for hydroxylation is 1. The van der Waals surface area contributed by atoms with E-state index in [9.17, 15) is 4.79 Å². The van der Waals surface area contributed by atoms with Gasteiger partial charge >= 0.3 is 0 Å². The average molecular weight is 258 g/mol.